The fourth-order valence-electron chi connectivity index (χ4n) is 3.66. The number of anilines is 1. The van der Waals surface area contributed by atoms with Crippen molar-refractivity contribution >= 4 is 23.5 Å². The van der Waals surface area contributed by atoms with E-state index in [2.05, 4.69) is 0 Å². The molecule has 4 nitrogen and oxygen atoms in total. The van der Waals surface area contributed by atoms with E-state index in [9.17, 15) is 14.7 Å². The molecule has 0 saturated heterocycles. The summed E-state index contributed by atoms with van der Waals surface area (Å²) < 4.78 is 0. The number of carbonyl (C=O) groups is 2. The number of nitrogens with zero attached hydrogens (tertiary/aromatic N) is 1. The highest BCUT2D eigenvalue weighted by Gasteiger charge is 2.50. The molecule has 0 aliphatic carbocycles. The number of aliphatic hydroxyl groups is 1. The largest absolute Gasteiger partial charge is 0.375 e. The van der Waals surface area contributed by atoms with Gasteiger partial charge in [0.2, 0.25) is 0 Å². The van der Waals surface area contributed by atoms with Gasteiger partial charge >= 0.3 is 0 Å². The molecule has 1 atom stereocenters. The lowest BCUT2D eigenvalue weighted by molar-refractivity contribution is -0.140. The van der Waals surface area contributed by atoms with Crippen LogP contribution in [0.2, 0.25) is 0 Å². The van der Waals surface area contributed by atoms with E-state index in [1.54, 1.807) is 29.2 Å². The van der Waals surface area contributed by atoms with Gasteiger partial charge in [-0.1, -0.05) is 84.9 Å². The number of benzene rings is 3. The van der Waals surface area contributed by atoms with E-state index in [4.69, 9.17) is 0 Å². The molecule has 1 heterocycles. The monoisotopic (exact) mass is 383 g/mol. The second-order valence-electron chi connectivity index (χ2n) is 7.14. The van der Waals surface area contributed by atoms with Crippen molar-refractivity contribution in [3.05, 3.63) is 108 Å². The standard InChI is InChI=1S/C25H21NO3/c27-21(16-15-19-9-3-1-4-10-19)17-25(29)22-13-7-8-14-23(22)26(24(25)28)18-20-11-5-2-6-12-20/h1-16,29H,17-18H2/b16-15+. The molecule has 0 fully saturated rings. The van der Waals surface area contributed by atoms with Gasteiger partial charge in [-0.15, -0.1) is 0 Å². The Hall–Kier alpha value is -3.50. The van der Waals surface area contributed by atoms with Crippen LogP contribution in [0.4, 0.5) is 5.69 Å². The van der Waals surface area contributed by atoms with Crippen LogP contribution in [0.5, 0.6) is 0 Å². The van der Waals surface area contributed by atoms with Crippen LogP contribution in [0.25, 0.3) is 6.08 Å². The first-order valence-electron chi connectivity index (χ1n) is 9.52. The van der Waals surface area contributed by atoms with Gasteiger partial charge in [0.15, 0.2) is 11.4 Å². The molecule has 4 rings (SSSR count). The number of ketones is 1. The Morgan fingerprint density at radius 1 is 0.897 bits per heavy atom. The van der Waals surface area contributed by atoms with E-state index < -0.39 is 11.5 Å². The summed E-state index contributed by atoms with van der Waals surface area (Å²) >= 11 is 0. The van der Waals surface area contributed by atoms with Crippen LogP contribution in [-0.4, -0.2) is 16.8 Å². The van der Waals surface area contributed by atoms with Gasteiger partial charge in [-0.2, -0.15) is 0 Å². The molecule has 0 saturated carbocycles. The third-order valence-electron chi connectivity index (χ3n) is 5.11. The summed E-state index contributed by atoms with van der Waals surface area (Å²) in [7, 11) is 0. The van der Waals surface area contributed by atoms with E-state index >= 15 is 0 Å². The van der Waals surface area contributed by atoms with Gasteiger partial charge in [0, 0.05) is 5.56 Å². The summed E-state index contributed by atoms with van der Waals surface area (Å²) in [6.07, 6.45) is 2.82. The van der Waals surface area contributed by atoms with Crippen molar-refractivity contribution in [2.45, 2.75) is 18.6 Å². The zero-order valence-corrected chi connectivity index (χ0v) is 15.9. The topological polar surface area (TPSA) is 57.6 Å². The van der Waals surface area contributed by atoms with Crippen molar-refractivity contribution in [1.29, 1.82) is 0 Å². The zero-order valence-electron chi connectivity index (χ0n) is 15.9. The highest BCUT2D eigenvalue weighted by Crippen LogP contribution is 2.43. The Kier molecular flexibility index (Phi) is 5.10. The predicted octanol–water partition coefficient (Wildman–Crippen LogP) is 4.09. The first-order valence-corrected chi connectivity index (χ1v) is 9.52. The second-order valence-corrected chi connectivity index (χ2v) is 7.14. The highest BCUT2D eigenvalue weighted by molar-refractivity contribution is 6.10. The summed E-state index contributed by atoms with van der Waals surface area (Å²) in [5.41, 5.74) is 1.10. The van der Waals surface area contributed by atoms with Crippen LogP contribution >= 0.6 is 0 Å². The molecule has 144 valence electrons. The van der Waals surface area contributed by atoms with Crippen LogP contribution in [0.1, 0.15) is 23.1 Å². The summed E-state index contributed by atoms with van der Waals surface area (Å²) in [5, 5.41) is 11.3. The lowest BCUT2D eigenvalue weighted by Gasteiger charge is -2.22. The molecule has 1 N–H and O–H groups in total. The Balaban J connectivity index is 1.60. The second kappa shape index (κ2) is 7.86. The van der Waals surface area contributed by atoms with Crippen molar-refractivity contribution < 1.29 is 14.7 Å². The minimum atomic E-state index is -1.86. The summed E-state index contributed by atoms with van der Waals surface area (Å²) in [5.74, 6) is -0.773. The SMILES string of the molecule is O=C(/C=C/c1ccccc1)CC1(O)C(=O)N(Cc2ccccc2)c2ccccc21. The molecular weight excluding hydrogens is 362 g/mol. The molecule has 1 unspecified atom stereocenters. The van der Waals surface area contributed by atoms with Gasteiger partial charge in [-0.25, -0.2) is 0 Å². The minimum Gasteiger partial charge on any atom is -0.375 e. The molecule has 0 spiro atoms. The average Bonchev–Trinajstić information content (AvgIpc) is 2.96. The van der Waals surface area contributed by atoms with Crippen LogP contribution in [-0.2, 0) is 21.7 Å². The molecule has 3 aromatic rings. The zero-order chi connectivity index (χ0) is 20.3. The van der Waals surface area contributed by atoms with Gasteiger partial charge in [0.25, 0.3) is 5.91 Å². The third kappa shape index (κ3) is 3.75. The molecule has 29 heavy (non-hydrogen) atoms. The Bertz CT molecular complexity index is 1060. The molecule has 1 aliphatic heterocycles. The Labute approximate surface area is 169 Å². The molecule has 3 aromatic carbocycles. The molecular formula is C25H21NO3. The van der Waals surface area contributed by atoms with E-state index in [1.807, 2.05) is 66.7 Å². The van der Waals surface area contributed by atoms with Crippen molar-refractivity contribution in [1.82, 2.24) is 0 Å². The van der Waals surface area contributed by atoms with Crippen molar-refractivity contribution in [2.24, 2.45) is 0 Å². The summed E-state index contributed by atoms with van der Waals surface area (Å²) in [4.78, 5) is 27.3. The smallest absolute Gasteiger partial charge is 0.264 e. The molecule has 0 radical (unpaired) electrons. The van der Waals surface area contributed by atoms with E-state index in [0.29, 0.717) is 17.8 Å². The van der Waals surface area contributed by atoms with Crippen LogP contribution < -0.4 is 4.90 Å². The minimum absolute atomic E-state index is 0.294. The number of para-hydroxylation sites is 1. The maximum absolute atomic E-state index is 13.2. The highest BCUT2D eigenvalue weighted by atomic mass is 16.3. The van der Waals surface area contributed by atoms with Crippen LogP contribution in [0.3, 0.4) is 0 Å². The van der Waals surface area contributed by atoms with Crippen LogP contribution in [0, 0.1) is 0 Å². The Morgan fingerprint density at radius 3 is 2.24 bits per heavy atom. The van der Waals surface area contributed by atoms with E-state index in [-0.39, 0.29) is 12.2 Å². The molecule has 0 aromatic heterocycles. The molecule has 1 amide bonds. The van der Waals surface area contributed by atoms with Crippen molar-refractivity contribution in [2.75, 3.05) is 4.90 Å². The van der Waals surface area contributed by atoms with E-state index in [1.165, 1.54) is 6.08 Å². The average molecular weight is 383 g/mol. The van der Waals surface area contributed by atoms with Gasteiger partial charge < -0.3 is 10.0 Å². The normalized spacial score (nSPS) is 18.2. The molecule has 4 heteroatoms. The number of hydrogen-bond acceptors (Lipinski definition) is 3. The van der Waals surface area contributed by atoms with Gasteiger partial charge in [0.1, 0.15) is 0 Å². The fourth-order valence-corrected chi connectivity index (χ4v) is 3.66. The number of carbonyl (C=O) groups excluding carboxylic acids is 2. The summed E-state index contributed by atoms with van der Waals surface area (Å²) in [6, 6.07) is 26.2. The van der Waals surface area contributed by atoms with Gasteiger partial charge in [0.05, 0.1) is 18.7 Å². The Morgan fingerprint density at radius 2 is 1.52 bits per heavy atom. The predicted molar refractivity (Wildman–Crippen MR) is 113 cm³/mol. The van der Waals surface area contributed by atoms with Gasteiger partial charge in [-0.3, -0.25) is 9.59 Å². The number of allylic oxidation sites excluding steroid dienone is 1. The molecule has 0 bridgehead atoms. The first kappa shape index (κ1) is 18.8. The number of fused-ring (bicyclic) bond motifs is 1. The lowest BCUT2D eigenvalue weighted by Crippen LogP contribution is -2.41. The number of amides is 1. The third-order valence-corrected chi connectivity index (χ3v) is 5.11. The van der Waals surface area contributed by atoms with Crippen molar-refractivity contribution in [3.63, 3.8) is 0 Å². The summed E-state index contributed by atoms with van der Waals surface area (Å²) in [6.45, 7) is 0.340. The number of rotatable bonds is 6. The van der Waals surface area contributed by atoms with Crippen molar-refractivity contribution in [3.8, 4) is 0 Å². The molecule has 1 aliphatic rings. The lowest BCUT2D eigenvalue weighted by atomic mass is 9.89. The first-order chi connectivity index (χ1) is 14.1. The fraction of sp³-hybridized carbons (Fsp3) is 0.120. The maximum atomic E-state index is 13.2. The maximum Gasteiger partial charge on any atom is 0.264 e. The quantitative estimate of drug-likeness (QED) is 0.652. The van der Waals surface area contributed by atoms with E-state index in [0.717, 1.165) is 11.1 Å². The number of hydrogen-bond donors (Lipinski definition) is 1. The van der Waals surface area contributed by atoms with Gasteiger partial charge in [-0.05, 0) is 23.3 Å². The van der Waals surface area contributed by atoms with Crippen LogP contribution in [0.15, 0.2) is 91.0 Å².